The molecule has 1 rings (SSSR count). The zero-order valence-corrected chi connectivity index (χ0v) is 11.9. The maximum absolute atomic E-state index is 11.4. The number of alkyl halides is 1. The van der Waals surface area contributed by atoms with Crippen molar-refractivity contribution in [1.29, 1.82) is 0 Å². The fraction of sp³-hybridized carbons (Fsp3) is 0.636. The first kappa shape index (κ1) is 14.4. The van der Waals surface area contributed by atoms with Crippen molar-refractivity contribution in [2.24, 2.45) is 0 Å². The van der Waals surface area contributed by atoms with Crippen molar-refractivity contribution < 1.29 is 4.79 Å². The highest BCUT2D eigenvalue weighted by Gasteiger charge is 2.19. The van der Waals surface area contributed by atoms with Gasteiger partial charge < -0.3 is 5.32 Å². The van der Waals surface area contributed by atoms with Crippen molar-refractivity contribution in [3.8, 4) is 0 Å². The first-order valence-corrected chi connectivity index (χ1v) is 6.98. The number of hydrogen-bond acceptors (Lipinski definition) is 4. The van der Waals surface area contributed by atoms with Gasteiger partial charge in [-0.2, -0.15) is 0 Å². The van der Waals surface area contributed by atoms with Crippen LogP contribution in [-0.2, 0) is 10.7 Å². The third-order valence-electron chi connectivity index (χ3n) is 2.64. The lowest BCUT2D eigenvalue weighted by molar-refractivity contribution is -0.122. The Morgan fingerprint density at radius 2 is 2.41 bits per heavy atom. The quantitative estimate of drug-likeness (QED) is 0.808. The van der Waals surface area contributed by atoms with E-state index in [0.717, 1.165) is 17.2 Å². The van der Waals surface area contributed by atoms with E-state index in [-0.39, 0.29) is 11.9 Å². The Labute approximate surface area is 111 Å². The highest BCUT2D eigenvalue weighted by Crippen LogP contribution is 2.23. The molecule has 0 saturated carbocycles. The van der Waals surface area contributed by atoms with Gasteiger partial charge in [-0.25, -0.2) is 4.98 Å². The molecule has 0 aliphatic heterocycles. The summed E-state index contributed by atoms with van der Waals surface area (Å²) in [5, 5.41) is 5.60. The number of likely N-dealkylation sites (N-methyl/N-ethyl adjacent to an activating group) is 2. The predicted molar refractivity (Wildman–Crippen MR) is 71.4 cm³/mol. The van der Waals surface area contributed by atoms with Crippen LogP contribution in [-0.4, -0.2) is 35.9 Å². The second kappa shape index (κ2) is 6.93. The van der Waals surface area contributed by atoms with Gasteiger partial charge in [-0.15, -0.1) is 22.9 Å². The average molecular weight is 276 g/mol. The molecule has 96 valence electrons. The van der Waals surface area contributed by atoms with E-state index in [4.69, 9.17) is 11.6 Å². The van der Waals surface area contributed by atoms with E-state index in [0.29, 0.717) is 12.4 Å². The van der Waals surface area contributed by atoms with Gasteiger partial charge in [0.2, 0.25) is 5.91 Å². The summed E-state index contributed by atoms with van der Waals surface area (Å²) in [4.78, 5) is 17.9. The van der Waals surface area contributed by atoms with Crippen LogP contribution in [0, 0.1) is 0 Å². The summed E-state index contributed by atoms with van der Waals surface area (Å²) in [6, 6.07) is 0.138. The van der Waals surface area contributed by atoms with Crippen LogP contribution in [0.2, 0.25) is 0 Å². The Morgan fingerprint density at radius 3 is 2.88 bits per heavy atom. The normalized spacial score (nSPS) is 12.8. The molecule has 0 spiro atoms. The van der Waals surface area contributed by atoms with Crippen LogP contribution in [0.25, 0.3) is 0 Å². The van der Waals surface area contributed by atoms with Crippen molar-refractivity contribution in [2.75, 3.05) is 20.1 Å². The molecular formula is C11H18ClN3OS. The average Bonchev–Trinajstić information content (AvgIpc) is 2.83. The number of carbonyl (C=O) groups excluding carboxylic acids is 1. The molecule has 4 nitrogen and oxygen atoms in total. The van der Waals surface area contributed by atoms with Crippen LogP contribution < -0.4 is 5.32 Å². The SMILES string of the molecule is CCN(CC(=O)NC)C(C)c1nc(CCl)cs1. The van der Waals surface area contributed by atoms with Crippen molar-refractivity contribution in [3.63, 3.8) is 0 Å². The summed E-state index contributed by atoms with van der Waals surface area (Å²) in [5.74, 6) is 0.456. The van der Waals surface area contributed by atoms with E-state index in [9.17, 15) is 4.79 Å². The monoisotopic (exact) mass is 275 g/mol. The molecule has 0 fully saturated rings. The molecule has 1 atom stereocenters. The van der Waals surface area contributed by atoms with Crippen molar-refractivity contribution in [1.82, 2.24) is 15.2 Å². The summed E-state index contributed by atoms with van der Waals surface area (Å²) in [7, 11) is 1.65. The maximum Gasteiger partial charge on any atom is 0.233 e. The topological polar surface area (TPSA) is 45.2 Å². The van der Waals surface area contributed by atoms with Gasteiger partial charge in [0, 0.05) is 12.4 Å². The van der Waals surface area contributed by atoms with Gasteiger partial charge in [0.1, 0.15) is 5.01 Å². The number of aromatic nitrogens is 1. The van der Waals surface area contributed by atoms with Crippen LogP contribution in [0.1, 0.15) is 30.6 Å². The third-order valence-corrected chi connectivity index (χ3v) is 3.98. The number of thiazole rings is 1. The Kier molecular flexibility index (Phi) is 5.88. The maximum atomic E-state index is 11.4. The number of nitrogens with zero attached hydrogens (tertiary/aromatic N) is 2. The van der Waals surface area contributed by atoms with Gasteiger partial charge >= 0.3 is 0 Å². The smallest absolute Gasteiger partial charge is 0.233 e. The van der Waals surface area contributed by atoms with E-state index in [1.165, 1.54) is 0 Å². The molecule has 0 aromatic carbocycles. The summed E-state index contributed by atoms with van der Waals surface area (Å²) in [6.07, 6.45) is 0. The summed E-state index contributed by atoms with van der Waals surface area (Å²) < 4.78 is 0. The predicted octanol–water partition coefficient (Wildman–Crippen LogP) is 2.01. The number of nitrogens with one attached hydrogen (secondary N) is 1. The largest absolute Gasteiger partial charge is 0.358 e. The molecular weight excluding hydrogens is 258 g/mol. The summed E-state index contributed by atoms with van der Waals surface area (Å²) in [6.45, 7) is 5.30. The molecule has 1 aromatic rings. The van der Waals surface area contributed by atoms with Crippen LogP contribution in [0.5, 0.6) is 0 Å². The summed E-state index contributed by atoms with van der Waals surface area (Å²) in [5.41, 5.74) is 0.898. The minimum absolute atomic E-state index is 0.0211. The number of carbonyl (C=O) groups is 1. The zero-order chi connectivity index (χ0) is 12.8. The van der Waals surface area contributed by atoms with Crippen LogP contribution in [0.15, 0.2) is 5.38 Å². The van der Waals surface area contributed by atoms with E-state index in [1.54, 1.807) is 18.4 Å². The summed E-state index contributed by atoms with van der Waals surface area (Å²) >= 11 is 7.32. The van der Waals surface area contributed by atoms with Crippen molar-refractivity contribution in [2.45, 2.75) is 25.8 Å². The minimum Gasteiger partial charge on any atom is -0.358 e. The van der Waals surface area contributed by atoms with Gasteiger partial charge in [-0.3, -0.25) is 9.69 Å². The lowest BCUT2D eigenvalue weighted by Crippen LogP contribution is -2.37. The number of halogens is 1. The zero-order valence-electron chi connectivity index (χ0n) is 10.4. The molecule has 1 aromatic heterocycles. The van der Waals surface area contributed by atoms with E-state index in [1.807, 2.05) is 12.3 Å². The second-order valence-electron chi connectivity index (χ2n) is 3.72. The van der Waals surface area contributed by atoms with Crippen LogP contribution in [0.4, 0.5) is 0 Å². The Balaban J connectivity index is 2.71. The van der Waals surface area contributed by atoms with Crippen molar-refractivity contribution >= 4 is 28.8 Å². The highest BCUT2D eigenvalue weighted by molar-refractivity contribution is 7.09. The van der Waals surface area contributed by atoms with Gasteiger partial charge in [-0.05, 0) is 13.5 Å². The molecule has 0 radical (unpaired) electrons. The van der Waals surface area contributed by atoms with Gasteiger partial charge in [-0.1, -0.05) is 6.92 Å². The molecule has 1 heterocycles. The highest BCUT2D eigenvalue weighted by atomic mass is 35.5. The number of amides is 1. The molecule has 0 aliphatic carbocycles. The molecule has 1 N–H and O–H groups in total. The lowest BCUT2D eigenvalue weighted by Gasteiger charge is -2.25. The molecule has 0 bridgehead atoms. The van der Waals surface area contributed by atoms with Gasteiger partial charge in [0.25, 0.3) is 0 Å². The first-order valence-electron chi connectivity index (χ1n) is 5.57. The van der Waals surface area contributed by atoms with Gasteiger partial charge in [0.05, 0.1) is 24.2 Å². The molecule has 0 aliphatic rings. The Hall–Kier alpha value is -0.650. The molecule has 6 heteroatoms. The number of hydrogen-bond donors (Lipinski definition) is 1. The Bertz CT molecular complexity index is 369. The third kappa shape index (κ3) is 3.94. The molecule has 1 unspecified atom stereocenters. The minimum atomic E-state index is 0.0211. The Morgan fingerprint density at radius 1 is 1.71 bits per heavy atom. The molecule has 0 saturated heterocycles. The fourth-order valence-electron chi connectivity index (χ4n) is 1.52. The van der Waals surface area contributed by atoms with E-state index >= 15 is 0 Å². The standard InChI is InChI=1S/C11H18ClN3OS/c1-4-15(6-10(16)13-3)8(2)11-14-9(5-12)7-17-11/h7-8H,4-6H2,1-3H3,(H,13,16). The second-order valence-corrected chi connectivity index (χ2v) is 4.88. The lowest BCUT2D eigenvalue weighted by atomic mass is 10.3. The van der Waals surface area contributed by atoms with E-state index < -0.39 is 0 Å². The molecule has 17 heavy (non-hydrogen) atoms. The first-order chi connectivity index (χ1) is 8.12. The fourth-order valence-corrected chi connectivity index (χ4v) is 2.66. The number of rotatable bonds is 6. The van der Waals surface area contributed by atoms with E-state index in [2.05, 4.69) is 22.1 Å². The van der Waals surface area contributed by atoms with Crippen molar-refractivity contribution in [3.05, 3.63) is 16.1 Å². The van der Waals surface area contributed by atoms with Crippen LogP contribution >= 0.6 is 22.9 Å². The molecule has 1 amide bonds. The van der Waals surface area contributed by atoms with Gasteiger partial charge in [0.15, 0.2) is 0 Å². The van der Waals surface area contributed by atoms with Crippen LogP contribution in [0.3, 0.4) is 0 Å².